The lowest BCUT2D eigenvalue weighted by molar-refractivity contribution is -0.127. The number of benzene rings is 2. The molecule has 0 aliphatic carbocycles. The Bertz CT molecular complexity index is 1150. The van der Waals surface area contributed by atoms with Gasteiger partial charge in [0.2, 0.25) is 11.8 Å². The summed E-state index contributed by atoms with van der Waals surface area (Å²) in [6.45, 7) is 8.36. The van der Waals surface area contributed by atoms with Gasteiger partial charge in [-0.25, -0.2) is 4.79 Å². The highest BCUT2D eigenvalue weighted by atomic mass is 35.5. The number of carbonyl (C=O) groups excluding carboxylic acids is 4. The Morgan fingerprint density at radius 2 is 1.85 bits per heavy atom. The van der Waals surface area contributed by atoms with Gasteiger partial charge in [-0.15, -0.1) is 0 Å². The van der Waals surface area contributed by atoms with Crippen molar-refractivity contribution in [3.05, 3.63) is 70.7 Å². The Morgan fingerprint density at radius 3 is 2.44 bits per heavy atom. The molecule has 9 heteroatoms. The van der Waals surface area contributed by atoms with Crippen LogP contribution in [0.5, 0.6) is 0 Å². The van der Waals surface area contributed by atoms with E-state index >= 15 is 0 Å². The molecular formula is C30H38ClN3O5. The van der Waals surface area contributed by atoms with E-state index in [1.165, 1.54) is 0 Å². The fourth-order valence-corrected chi connectivity index (χ4v) is 5.09. The summed E-state index contributed by atoms with van der Waals surface area (Å²) >= 11 is 6.26. The van der Waals surface area contributed by atoms with E-state index in [1.54, 1.807) is 6.07 Å². The van der Waals surface area contributed by atoms with E-state index in [1.807, 2.05) is 76.2 Å². The van der Waals surface area contributed by atoms with Crippen molar-refractivity contribution in [1.82, 2.24) is 16.0 Å². The highest BCUT2D eigenvalue weighted by Crippen LogP contribution is 2.40. The summed E-state index contributed by atoms with van der Waals surface area (Å²) in [4.78, 5) is 50.1. The molecule has 1 heterocycles. The molecule has 1 aliphatic rings. The summed E-state index contributed by atoms with van der Waals surface area (Å²) in [5, 5.41) is 8.73. The lowest BCUT2D eigenvalue weighted by Crippen LogP contribution is -2.51. The number of amides is 3. The average Bonchev–Trinajstić information content (AvgIpc) is 3.30. The zero-order chi connectivity index (χ0) is 28.6. The molecule has 1 aliphatic heterocycles. The molecule has 3 rings (SSSR count). The summed E-state index contributed by atoms with van der Waals surface area (Å²) in [7, 11) is 0. The molecule has 1 saturated heterocycles. The molecule has 2 aromatic carbocycles. The van der Waals surface area contributed by atoms with Gasteiger partial charge in [0.15, 0.2) is 0 Å². The van der Waals surface area contributed by atoms with Gasteiger partial charge in [-0.1, -0.05) is 81.8 Å². The minimum atomic E-state index is -0.928. The van der Waals surface area contributed by atoms with Gasteiger partial charge in [0.25, 0.3) is 0 Å². The molecule has 0 spiro atoms. The van der Waals surface area contributed by atoms with Crippen LogP contribution in [0, 0.1) is 11.8 Å². The number of nitrogens with one attached hydrogen (secondary N) is 3. The van der Waals surface area contributed by atoms with Crippen LogP contribution in [0.1, 0.15) is 64.2 Å². The van der Waals surface area contributed by atoms with Gasteiger partial charge in [-0.3, -0.25) is 9.59 Å². The molecule has 0 bridgehead atoms. The van der Waals surface area contributed by atoms with Crippen LogP contribution in [-0.4, -0.2) is 42.8 Å². The summed E-state index contributed by atoms with van der Waals surface area (Å²) in [6.07, 6.45) is 0.352. The van der Waals surface area contributed by atoms with Crippen molar-refractivity contribution in [1.29, 1.82) is 0 Å². The summed E-state index contributed by atoms with van der Waals surface area (Å²) in [6, 6.07) is 15.0. The third kappa shape index (κ3) is 8.30. The van der Waals surface area contributed by atoms with Gasteiger partial charge in [-0.2, -0.15) is 0 Å². The van der Waals surface area contributed by atoms with Gasteiger partial charge in [0.05, 0.1) is 6.04 Å². The van der Waals surface area contributed by atoms with Crippen LogP contribution in [0.2, 0.25) is 5.02 Å². The third-order valence-electron chi connectivity index (χ3n) is 7.06. The van der Waals surface area contributed by atoms with Crippen molar-refractivity contribution in [2.45, 2.75) is 70.6 Å². The topological polar surface area (TPSA) is 114 Å². The summed E-state index contributed by atoms with van der Waals surface area (Å²) in [5.74, 6) is -0.876. The van der Waals surface area contributed by atoms with E-state index in [4.69, 9.17) is 16.3 Å². The molecule has 0 saturated carbocycles. The smallest absolute Gasteiger partial charge is 0.408 e. The van der Waals surface area contributed by atoms with Crippen molar-refractivity contribution in [3.8, 4) is 0 Å². The molecule has 1 fully saturated rings. The Hall–Kier alpha value is -3.39. The quantitative estimate of drug-likeness (QED) is 0.328. The lowest BCUT2D eigenvalue weighted by atomic mass is 9.76. The van der Waals surface area contributed by atoms with Crippen LogP contribution < -0.4 is 16.0 Å². The monoisotopic (exact) mass is 555 g/mol. The maximum atomic E-state index is 13.3. The molecule has 8 nitrogen and oxygen atoms in total. The maximum Gasteiger partial charge on any atom is 0.408 e. The Morgan fingerprint density at radius 1 is 1.13 bits per heavy atom. The Labute approximate surface area is 235 Å². The summed E-state index contributed by atoms with van der Waals surface area (Å²) < 4.78 is 6.02. The largest absolute Gasteiger partial charge is 0.440 e. The summed E-state index contributed by atoms with van der Waals surface area (Å²) in [5.41, 5.74) is 1.01. The van der Waals surface area contributed by atoms with E-state index in [9.17, 15) is 19.2 Å². The van der Waals surface area contributed by atoms with Gasteiger partial charge >= 0.3 is 6.09 Å². The lowest BCUT2D eigenvalue weighted by Gasteiger charge is -2.35. The molecule has 3 N–H and O–H groups in total. The number of aldehydes is 1. The molecule has 210 valence electrons. The SMILES string of the molecule is CC(C)C[C@H](NC(=O)O[C@@H](c1ccccc1)C(C)(C)c1cccc(Cl)c1)C(=O)N[C@H](C=O)C[C@@H]1CCNC1=O. The Balaban J connectivity index is 1.77. The predicted molar refractivity (Wildman–Crippen MR) is 150 cm³/mol. The van der Waals surface area contributed by atoms with Crippen LogP contribution in [-0.2, 0) is 24.5 Å². The molecule has 3 amide bonds. The van der Waals surface area contributed by atoms with Crippen LogP contribution in [0.15, 0.2) is 54.6 Å². The highest BCUT2D eigenvalue weighted by Gasteiger charge is 2.37. The fourth-order valence-electron chi connectivity index (χ4n) is 4.89. The van der Waals surface area contributed by atoms with Crippen molar-refractivity contribution >= 4 is 35.8 Å². The molecule has 4 atom stereocenters. The highest BCUT2D eigenvalue weighted by molar-refractivity contribution is 6.30. The normalized spacial score (nSPS) is 17.6. The predicted octanol–water partition coefficient (Wildman–Crippen LogP) is 4.71. The van der Waals surface area contributed by atoms with Crippen molar-refractivity contribution in [2.75, 3.05) is 6.54 Å². The molecule has 0 aromatic heterocycles. The van der Waals surface area contributed by atoms with Crippen molar-refractivity contribution < 1.29 is 23.9 Å². The molecule has 0 unspecified atom stereocenters. The molecular weight excluding hydrogens is 518 g/mol. The first-order valence-corrected chi connectivity index (χ1v) is 13.7. The van der Waals surface area contributed by atoms with Crippen LogP contribution in [0.4, 0.5) is 4.79 Å². The number of hydrogen-bond donors (Lipinski definition) is 3. The first-order valence-electron chi connectivity index (χ1n) is 13.3. The second kappa shape index (κ2) is 13.6. The van der Waals surface area contributed by atoms with E-state index in [0.717, 1.165) is 11.1 Å². The first kappa shape index (κ1) is 30.2. The zero-order valence-electron chi connectivity index (χ0n) is 22.9. The van der Waals surface area contributed by atoms with E-state index < -0.39 is 35.6 Å². The maximum absolute atomic E-state index is 13.3. The average molecular weight is 556 g/mol. The minimum absolute atomic E-state index is 0.0733. The Kier molecular flexibility index (Phi) is 10.5. The number of ether oxygens (including phenoxy) is 1. The second-order valence-electron chi connectivity index (χ2n) is 11.0. The van der Waals surface area contributed by atoms with Gasteiger partial charge in [-0.05, 0) is 48.4 Å². The zero-order valence-corrected chi connectivity index (χ0v) is 23.7. The van der Waals surface area contributed by atoms with Crippen molar-refractivity contribution in [3.63, 3.8) is 0 Å². The van der Waals surface area contributed by atoms with Gasteiger partial charge < -0.3 is 25.5 Å². The van der Waals surface area contributed by atoms with Crippen LogP contribution in [0.3, 0.4) is 0 Å². The van der Waals surface area contributed by atoms with Crippen molar-refractivity contribution in [2.24, 2.45) is 11.8 Å². The van der Waals surface area contributed by atoms with Crippen LogP contribution in [0.25, 0.3) is 0 Å². The number of rotatable bonds is 12. The second-order valence-corrected chi connectivity index (χ2v) is 11.5. The van der Waals surface area contributed by atoms with Gasteiger partial charge in [0.1, 0.15) is 18.4 Å². The van der Waals surface area contributed by atoms with E-state index in [2.05, 4.69) is 16.0 Å². The van der Waals surface area contributed by atoms with Crippen LogP contribution >= 0.6 is 11.6 Å². The number of hydrogen-bond acceptors (Lipinski definition) is 5. The molecule has 2 aromatic rings. The fraction of sp³-hybridized carbons (Fsp3) is 0.467. The molecule has 0 radical (unpaired) electrons. The molecule has 39 heavy (non-hydrogen) atoms. The number of carbonyl (C=O) groups is 4. The minimum Gasteiger partial charge on any atom is -0.440 e. The van der Waals surface area contributed by atoms with Gasteiger partial charge in [0, 0.05) is 22.9 Å². The van der Waals surface area contributed by atoms with E-state index in [0.29, 0.717) is 30.7 Å². The number of alkyl carbamates (subject to hydrolysis) is 1. The van der Waals surface area contributed by atoms with E-state index in [-0.39, 0.29) is 24.2 Å². The number of halogens is 1. The standard InChI is InChI=1S/C30H38ClN3O5/c1-19(2)15-25(28(37)33-24(18-35)16-21-13-14-32-27(21)36)34-29(38)39-26(20-9-6-5-7-10-20)30(3,4)22-11-8-12-23(31)17-22/h5-12,17-19,21,24-26H,13-16H2,1-4H3,(H,32,36)(H,33,37)(H,34,38)/t21-,24-,25-,26-/m0/s1. The third-order valence-corrected chi connectivity index (χ3v) is 7.30. The first-order chi connectivity index (χ1) is 18.5.